The normalized spacial score (nSPS) is 10.4. The van der Waals surface area contributed by atoms with Crippen LogP contribution in [0, 0.1) is 16.0 Å². The molecule has 0 aliphatic heterocycles. The zero-order chi connectivity index (χ0) is 20.7. The third-order valence-corrected chi connectivity index (χ3v) is 4.27. The summed E-state index contributed by atoms with van der Waals surface area (Å²) in [4.78, 5) is 35.1. The summed E-state index contributed by atoms with van der Waals surface area (Å²) in [6, 6.07) is 10.4. The lowest BCUT2D eigenvalue weighted by molar-refractivity contribution is -0.385. The zero-order valence-electron chi connectivity index (χ0n) is 15.4. The molecule has 0 heterocycles. The second-order valence-corrected chi connectivity index (χ2v) is 7.27. The number of nitro benzene ring substituents is 1. The number of nitro groups is 1. The van der Waals surface area contributed by atoms with Gasteiger partial charge in [-0.25, -0.2) is 0 Å². The minimum atomic E-state index is -0.794. The Morgan fingerprint density at radius 1 is 1.11 bits per heavy atom. The fraction of sp³-hybridized carbons (Fsp3) is 0.263. The molecule has 0 aliphatic rings. The van der Waals surface area contributed by atoms with Crippen LogP contribution in [-0.4, -0.2) is 23.3 Å². The van der Waals surface area contributed by atoms with E-state index in [1.165, 1.54) is 24.3 Å². The lowest BCUT2D eigenvalue weighted by atomic mass is 10.1. The molecule has 0 aromatic heterocycles. The van der Waals surface area contributed by atoms with Gasteiger partial charge in [0.15, 0.2) is 0 Å². The molecule has 0 saturated heterocycles. The molecule has 2 aromatic carbocycles. The highest BCUT2D eigenvalue weighted by Crippen LogP contribution is 2.24. The number of ether oxygens (including phenoxy) is 1. The van der Waals surface area contributed by atoms with Crippen molar-refractivity contribution in [3.8, 4) is 5.75 Å². The van der Waals surface area contributed by atoms with Crippen molar-refractivity contribution < 1.29 is 19.2 Å². The first-order valence-electron chi connectivity index (χ1n) is 8.56. The Morgan fingerprint density at radius 3 is 2.39 bits per heavy atom. The highest BCUT2D eigenvalue weighted by molar-refractivity contribution is 9.10. The smallest absolute Gasteiger partial charge is 0.282 e. The molecule has 2 aromatic rings. The van der Waals surface area contributed by atoms with Gasteiger partial charge in [-0.05, 0) is 36.6 Å². The third-order valence-electron chi connectivity index (χ3n) is 3.77. The van der Waals surface area contributed by atoms with Crippen LogP contribution in [0.1, 0.15) is 41.0 Å². The maximum absolute atomic E-state index is 12.5. The predicted molar refractivity (Wildman–Crippen MR) is 107 cm³/mol. The Morgan fingerprint density at radius 2 is 1.75 bits per heavy atom. The fourth-order valence-corrected chi connectivity index (χ4v) is 2.64. The molecular weight excluding hydrogens is 430 g/mol. The Kier molecular flexibility index (Phi) is 7.51. The molecular formula is C19H20BrN3O5. The summed E-state index contributed by atoms with van der Waals surface area (Å²) < 4.78 is 6.35. The van der Waals surface area contributed by atoms with Gasteiger partial charge >= 0.3 is 0 Å². The van der Waals surface area contributed by atoms with E-state index >= 15 is 0 Å². The Labute approximate surface area is 170 Å². The van der Waals surface area contributed by atoms with Gasteiger partial charge in [0.25, 0.3) is 17.5 Å². The van der Waals surface area contributed by atoms with Gasteiger partial charge in [0.1, 0.15) is 11.3 Å². The number of hydrogen-bond acceptors (Lipinski definition) is 5. The van der Waals surface area contributed by atoms with Crippen molar-refractivity contribution in [3.05, 3.63) is 68.2 Å². The Bertz CT molecular complexity index is 886. The molecule has 0 spiro atoms. The number of amides is 2. The molecule has 2 amide bonds. The van der Waals surface area contributed by atoms with Crippen LogP contribution < -0.4 is 15.6 Å². The standard InChI is InChI=1S/C19H20BrN3O5/c1-12(2)9-10-28-17-8-7-13(20)11-15(17)19(25)22-21-18(24)14-5-3-4-6-16(14)23(26)27/h3-8,11-12H,9-10H2,1-2H3,(H,21,24)(H,22,25). The van der Waals surface area contributed by atoms with E-state index in [1.807, 2.05) is 0 Å². The maximum atomic E-state index is 12.5. The number of carbonyl (C=O) groups excluding carboxylic acids is 2. The Hall–Kier alpha value is -2.94. The molecule has 0 bridgehead atoms. The predicted octanol–water partition coefficient (Wildman–Crippen LogP) is 3.86. The van der Waals surface area contributed by atoms with Crippen molar-refractivity contribution in [3.63, 3.8) is 0 Å². The average molecular weight is 450 g/mol. The van der Waals surface area contributed by atoms with E-state index in [9.17, 15) is 19.7 Å². The molecule has 2 rings (SSSR count). The van der Waals surface area contributed by atoms with Crippen LogP contribution in [0.3, 0.4) is 0 Å². The molecule has 8 nitrogen and oxygen atoms in total. The molecule has 2 N–H and O–H groups in total. The SMILES string of the molecule is CC(C)CCOc1ccc(Br)cc1C(=O)NNC(=O)c1ccccc1[N+](=O)[O-]. The van der Waals surface area contributed by atoms with Crippen molar-refractivity contribution in [2.75, 3.05) is 6.61 Å². The summed E-state index contributed by atoms with van der Waals surface area (Å²) in [6.07, 6.45) is 0.825. The van der Waals surface area contributed by atoms with E-state index in [1.54, 1.807) is 18.2 Å². The van der Waals surface area contributed by atoms with Crippen molar-refractivity contribution >= 4 is 33.4 Å². The van der Waals surface area contributed by atoms with Gasteiger partial charge in [-0.1, -0.05) is 41.9 Å². The van der Waals surface area contributed by atoms with Gasteiger partial charge in [0.2, 0.25) is 0 Å². The first kappa shape index (κ1) is 21.4. The van der Waals surface area contributed by atoms with Crippen LogP contribution in [-0.2, 0) is 0 Å². The van der Waals surface area contributed by atoms with E-state index in [4.69, 9.17) is 4.74 Å². The second kappa shape index (κ2) is 9.84. The monoisotopic (exact) mass is 449 g/mol. The van der Waals surface area contributed by atoms with E-state index in [2.05, 4.69) is 40.6 Å². The molecule has 0 radical (unpaired) electrons. The number of para-hydroxylation sites is 1. The molecule has 148 valence electrons. The first-order valence-corrected chi connectivity index (χ1v) is 9.35. The number of carbonyl (C=O) groups is 2. The fourth-order valence-electron chi connectivity index (χ4n) is 2.28. The summed E-state index contributed by atoms with van der Waals surface area (Å²) >= 11 is 3.30. The molecule has 0 aliphatic carbocycles. The second-order valence-electron chi connectivity index (χ2n) is 6.35. The molecule has 0 saturated carbocycles. The van der Waals surface area contributed by atoms with Gasteiger partial charge < -0.3 is 4.74 Å². The van der Waals surface area contributed by atoms with Crippen LogP contribution in [0.5, 0.6) is 5.75 Å². The number of nitrogens with zero attached hydrogens (tertiary/aromatic N) is 1. The van der Waals surface area contributed by atoms with Crippen LogP contribution in [0.2, 0.25) is 0 Å². The number of hydrogen-bond donors (Lipinski definition) is 2. The first-order chi connectivity index (χ1) is 13.3. The Balaban J connectivity index is 2.10. The molecule has 28 heavy (non-hydrogen) atoms. The number of nitrogens with one attached hydrogen (secondary N) is 2. The van der Waals surface area contributed by atoms with E-state index in [0.29, 0.717) is 22.7 Å². The van der Waals surface area contributed by atoms with E-state index in [-0.39, 0.29) is 16.8 Å². The van der Waals surface area contributed by atoms with Gasteiger partial charge in [-0.3, -0.25) is 30.6 Å². The lowest BCUT2D eigenvalue weighted by Gasteiger charge is -2.13. The largest absolute Gasteiger partial charge is 0.493 e. The van der Waals surface area contributed by atoms with Crippen molar-refractivity contribution in [2.24, 2.45) is 5.92 Å². The minimum Gasteiger partial charge on any atom is -0.493 e. The van der Waals surface area contributed by atoms with Gasteiger partial charge in [0.05, 0.1) is 17.1 Å². The molecule has 0 unspecified atom stereocenters. The number of benzene rings is 2. The lowest BCUT2D eigenvalue weighted by Crippen LogP contribution is -2.42. The number of halogens is 1. The molecule has 0 atom stereocenters. The average Bonchev–Trinajstić information content (AvgIpc) is 2.66. The van der Waals surface area contributed by atoms with Gasteiger partial charge in [-0.15, -0.1) is 0 Å². The zero-order valence-corrected chi connectivity index (χ0v) is 17.0. The summed E-state index contributed by atoms with van der Waals surface area (Å²) in [5, 5.41) is 11.0. The quantitative estimate of drug-likeness (QED) is 0.492. The van der Waals surface area contributed by atoms with E-state index in [0.717, 1.165) is 6.42 Å². The van der Waals surface area contributed by atoms with Crippen molar-refractivity contribution in [1.29, 1.82) is 0 Å². The summed E-state index contributed by atoms with van der Waals surface area (Å²) in [5.41, 5.74) is 4.18. The molecule has 9 heteroatoms. The maximum Gasteiger partial charge on any atom is 0.282 e. The van der Waals surface area contributed by atoms with Crippen LogP contribution in [0.15, 0.2) is 46.9 Å². The van der Waals surface area contributed by atoms with Gasteiger partial charge in [-0.2, -0.15) is 0 Å². The van der Waals surface area contributed by atoms with Crippen molar-refractivity contribution in [2.45, 2.75) is 20.3 Å². The highest BCUT2D eigenvalue weighted by atomic mass is 79.9. The summed E-state index contributed by atoms with van der Waals surface area (Å²) in [6.45, 7) is 4.58. The third kappa shape index (κ3) is 5.78. The molecule has 0 fully saturated rings. The highest BCUT2D eigenvalue weighted by Gasteiger charge is 2.20. The minimum absolute atomic E-state index is 0.157. The van der Waals surface area contributed by atoms with Gasteiger partial charge in [0, 0.05) is 10.5 Å². The number of rotatable bonds is 7. The number of hydrazine groups is 1. The topological polar surface area (TPSA) is 111 Å². The van der Waals surface area contributed by atoms with Crippen molar-refractivity contribution in [1.82, 2.24) is 10.9 Å². The van der Waals surface area contributed by atoms with Crippen LogP contribution in [0.4, 0.5) is 5.69 Å². The van der Waals surface area contributed by atoms with E-state index < -0.39 is 16.7 Å². The summed E-state index contributed by atoms with van der Waals surface area (Å²) in [7, 11) is 0. The van der Waals surface area contributed by atoms with Crippen LogP contribution >= 0.6 is 15.9 Å². The van der Waals surface area contributed by atoms with Crippen LogP contribution in [0.25, 0.3) is 0 Å². The summed E-state index contributed by atoms with van der Waals surface area (Å²) in [5.74, 6) is -0.569.